The molecule has 3 heterocycles. The Hall–Kier alpha value is -2.78. The van der Waals surface area contributed by atoms with Gasteiger partial charge in [-0.05, 0) is 55.9 Å². The molecular weight excluding hydrogens is 516 g/mol. The van der Waals surface area contributed by atoms with Crippen molar-refractivity contribution in [1.29, 1.82) is 0 Å². The number of amides is 2. The van der Waals surface area contributed by atoms with Gasteiger partial charge in [0.2, 0.25) is 5.91 Å². The van der Waals surface area contributed by atoms with E-state index >= 15 is 0 Å². The minimum atomic E-state index is -0.835. The number of carbonyl (C=O) groups is 3. The SMILES string of the molecule is C=CCCCOC(=O)[C@@H]1[C@@H]2CC(C)C3(S2)C(C(=O)N(CC=C)c2ccc(OC)cc2)N([C@@H](CC)CO)C(=O)[C@H]13. The molecule has 0 aromatic heterocycles. The number of carbonyl (C=O) groups excluding carboxylic acids is 3. The Kier molecular flexibility index (Phi) is 9.11. The summed E-state index contributed by atoms with van der Waals surface area (Å²) in [6.07, 6.45) is 6.06. The first kappa shape index (κ1) is 29.2. The molecule has 9 heteroatoms. The van der Waals surface area contributed by atoms with E-state index in [0.29, 0.717) is 24.3 Å². The molecule has 8 nitrogen and oxygen atoms in total. The zero-order valence-electron chi connectivity index (χ0n) is 23.1. The number of unbranched alkanes of at least 4 members (excludes halogenated alkanes) is 1. The highest BCUT2D eigenvalue weighted by Crippen LogP contribution is 2.69. The van der Waals surface area contributed by atoms with Gasteiger partial charge in [-0.3, -0.25) is 14.4 Å². The van der Waals surface area contributed by atoms with Crippen LogP contribution < -0.4 is 9.64 Å². The van der Waals surface area contributed by atoms with E-state index in [1.807, 2.05) is 19.1 Å². The van der Waals surface area contributed by atoms with Crippen LogP contribution in [0.1, 0.15) is 39.5 Å². The first-order valence-corrected chi connectivity index (χ1v) is 14.6. The molecule has 1 aromatic carbocycles. The van der Waals surface area contributed by atoms with E-state index in [1.54, 1.807) is 53.0 Å². The molecule has 7 atom stereocenters. The number of aliphatic hydroxyl groups excluding tert-OH is 1. The number of methoxy groups -OCH3 is 1. The Morgan fingerprint density at radius 3 is 2.59 bits per heavy atom. The van der Waals surface area contributed by atoms with Gasteiger partial charge in [-0.2, -0.15) is 0 Å². The number of thioether (sulfide) groups is 1. The highest BCUT2D eigenvalue weighted by Gasteiger charge is 2.77. The molecule has 212 valence electrons. The highest BCUT2D eigenvalue weighted by molar-refractivity contribution is 8.02. The van der Waals surface area contributed by atoms with E-state index < -0.39 is 28.7 Å². The van der Waals surface area contributed by atoms with E-state index in [0.717, 1.165) is 12.8 Å². The number of esters is 1. The predicted molar refractivity (Wildman–Crippen MR) is 153 cm³/mol. The third-order valence-corrected chi connectivity index (χ3v) is 10.6. The molecule has 0 radical (unpaired) electrons. The van der Waals surface area contributed by atoms with Crippen molar-refractivity contribution in [2.45, 2.75) is 61.6 Å². The lowest BCUT2D eigenvalue weighted by Crippen LogP contribution is -2.59. The number of likely N-dealkylation sites (tertiary alicyclic amines) is 1. The second-order valence-electron chi connectivity index (χ2n) is 10.6. The number of hydrogen-bond donors (Lipinski definition) is 1. The van der Waals surface area contributed by atoms with Crippen molar-refractivity contribution in [3.8, 4) is 5.75 Å². The Labute approximate surface area is 235 Å². The summed E-state index contributed by atoms with van der Waals surface area (Å²) >= 11 is 1.60. The molecule has 39 heavy (non-hydrogen) atoms. The molecule has 1 aromatic rings. The largest absolute Gasteiger partial charge is 0.497 e. The van der Waals surface area contributed by atoms with Gasteiger partial charge in [-0.1, -0.05) is 26.0 Å². The van der Waals surface area contributed by atoms with Crippen LogP contribution in [0.15, 0.2) is 49.6 Å². The maximum Gasteiger partial charge on any atom is 0.310 e. The molecule has 3 unspecified atom stereocenters. The summed E-state index contributed by atoms with van der Waals surface area (Å²) in [4.78, 5) is 45.5. The van der Waals surface area contributed by atoms with E-state index in [9.17, 15) is 19.5 Å². The lowest BCUT2D eigenvalue weighted by molar-refractivity contribution is -0.155. The zero-order valence-corrected chi connectivity index (χ0v) is 23.9. The van der Waals surface area contributed by atoms with Gasteiger partial charge in [0.1, 0.15) is 11.8 Å². The van der Waals surface area contributed by atoms with Crippen LogP contribution in [0.5, 0.6) is 5.75 Å². The molecule has 2 bridgehead atoms. The Balaban J connectivity index is 1.76. The zero-order chi connectivity index (χ0) is 28.3. The summed E-state index contributed by atoms with van der Waals surface area (Å²) in [6, 6.07) is 5.83. The molecular formula is C30H40N2O6S. The van der Waals surface area contributed by atoms with Crippen molar-refractivity contribution in [3.05, 3.63) is 49.6 Å². The van der Waals surface area contributed by atoms with E-state index in [1.165, 1.54) is 0 Å². The second-order valence-corrected chi connectivity index (χ2v) is 12.1. The highest BCUT2D eigenvalue weighted by atomic mass is 32.2. The van der Waals surface area contributed by atoms with Crippen LogP contribution in [0.4, 0.5) is 5.69 Å². The number of aliphatic hydroxyl groups is 1. The van der Waals surface area contributed by atoms with Crippen LogP contribution in [-0.4, -0.2) is 76.7 Å². The molecule has 3 saturated heterocycles. The van der Waals surface area contributed by atoms with Crippen LogP contribution in [0.2, 0.25) is 0 Å². The average molecular weight is 557 g/mol. The predicted octanol–water partition coefficient (Wildman–Crippen LogP) is 3.83. The van der Waals surface area contributed by atoms with Gasteiger partial charge < -0.3 is 24.4 Å². The van der Waals surface area contributed by atoms with Crippen molar-refractivity contribution in [1.82, 2.24) is 4.90 Å². The number of ether oxygens (including phenoxy) is 2. The standard InChI is InChI=1S/C30H40N2O6S/c1-6-9-10-16-38-29(36)24-23-17-19(4)30(39-23)25(24)27(34)32(20(8-3)18-33)26(30)28(35)31(15-7-2)21-11-13-22(37-5)14-12-21/h6-7,11-14,19-20,23-26,33H,1-2,8-10,15-18H2,3-5H3/t19?,20-,23-,24+,25-,26?,30?/m0/s1. The van der Waals surface area contributed by atoms with Crippen molar-refractivity contribution >= 4 is 35.2 Å². The molecule has 1 N–H and O–H groups in total. The normalized spacial score (nSPS) is 29.6. The smallest absolute Gasteiger partial charge is 0.310 e. The maximum atomic E-state index is 14.6. The average Bonchev–Trinajstić information content (AvgIpc) is 3.54. The topological polar surface area (TPSA) is 96.4 Å². The van der Waals surface area contributed by atoms with Crippen LogP contribution in [0.3, 0.4) is 0 Å². The van der Waals surface area contributed by atoms with Gasteiger partial charge in [-0.25, -0.2) is 0 Å². The molecule has 3 aliphatic heterocycles. The Morgan fingerprint density at radius 2 is 2.00 bits per heavy atom. The minimum Gasteiger partial charge on any atom is -0.497 e. The minimum absolute atomic E-state index is 0.0165. The number of hydrogen-bond acceptors (Lipinski definition) is 7. The van der Waals surface area contributed by atoms with Gasteiger partial charge in [0.15, 0.2) is 0 Å². The maximum absolute atomic E-state index is 14.6. The van der Waals surface area contributed by atoms with Gasteiger partial charge in [0.25, 0.3) is 5.91 Å². The molecule has 1 spiro atoms. The summed E-state index contributed by atoms with van der Waals surface area (Å²) in [6.45, 7) is 11.8. The molecule has 0 saturated carbocycles. The van der Waals surface area contributed by atoms with Crippen molar-refractivity contribution in [3.63, 3.8) is 0 Å². The lowest BCUT2D eigenvalue weighted by atomic mass is 9.66. The van der Waals surface area contributed by atoms with Gasteiger partial charge in [0, 0.05) is 17.5 Å². The first-order chi connectivity index (χ1) is 18.8. The first-order valence-electron chi connectivity index (χ1n) is 13.7. The summed E-state index contributed by atoms with van der Waals surface area (Å²) in [5.41, 5.74) is 0.661. The summed E-state index contributed by atoms with van der Waals surface area (Å²) in [7, 11) is 1.58. The van der Waals surface area contributed by atoms with Crippen LogP contribution in [-0.2, 0) is 19.1 Å². The van der Waals surface area contributed by atoms with E-state index in [-0.39, 0.29) is 48.7 Å². The summed E-state index contributed by atoms with van der Waals surface area (Å²) < 4.78 is 10.1. The van der Waals surface area contributed by atoms with Gasteiger partial charge in [-0.15, -0.1) is 24.9 Å². The number of benzene rings is 1. The van der Waals surface area contributed by atoms with E-state index in [2.05, 4.69) is 20.1 Å². The number of rotatable bonds is 13. The van der Waals surface area contributed by atoms with Crippen LogP contribution >= 0.6 is 11.8 Å². The van der Waals surface area contributed by atoms with E-state index in [4.69, 9.17) is 9.47 Å². The second kappa shape index (κ2) is 12.2. The van der Waals surface area contributed by atoms with Crippen molar-refractivity contribution in [2.75, 3.05) is 31.8 Å². The molecule has 4 rings (SSSR count). The number of nitrogens with zero attached hydrogens (tertiary/aromatic N) is 2. The summed E-state index contributed by atoms with van der Waals surface area (Å²) in [5.74, 6) is -1.46. The lowest BCUT2D eigenvalue weighted by Gasteiger charge is -2.42. The fraction of sp³-hybridized carbons (Fsp3) is 0.567. The molecule has 3 fully saturated rings. The van der Waals surface area contributed by atoms with Crippen LogP contribution in [0, 0.1) is 17.8 Å². The number of anilines is 1. The molecule has 0 aliphatic carbocycles. The van der Waals surface area contributed by atoms with Gasteiger partial charge in [0.05, 0.1) is 42.9 Å². The molecule has 3 aliphatic rings. The van der Waals surface area contributed by atoms with Crippen LogP contribution in [0.25, 0.3) is 0 Å². The Morgan fingerprint density at radius 1 is 1.28 bits per heavy atom. The third-order valence-electron chi connectivity index (χ3n) is 8.52. The summed E-state index contributed by atoms with van der Waals surface area (Å²) in [5, 5.41) is 10.2. The number of fused-ring (bicyclic) bond motifs is 1. The quantitative estimate of drug-likeness (QED) is 0.224. The van der Waals surface area contributed by atoms with Crippen molar-refractivity contribution < 1.29 is 29.0 Å². The Bertz CT molecular complexity index is 1090. The third kappa shape index (κ3) is 4.88. The van der Waals surface area contributed by atoms with Gasteiger partial charge >= 0.3 is 5.97 Å². The fourth-order valence-electron chi connectivity index (χ4n) is 6.67. The fourth-order valence-corrected chi connectivity index (χ4v) is 9.06. The number of allylic oxidation sites excluding steroid dienone is 1. The monoisotopic (exact) mass is 556 g/mol. The van der Waals surface area contributed by atoms with Crippen molar-refractivity contribution in [2.24, 2.45) is 17.8 Å². The molecule has 2 amide bonds.